The van der Waals surface area contributed by atoms with Gasteiger partial charge in [0.25, 0.3) is 0 Å². The fraction of sp³-hybridized carbons (Fsp3) is 0.739. The molecule has 0 aromatic carbocycles. The first-order valence-corrected chi connectivity index (χ1v) is 12.5. The Morgan fingerprint density at radius 2 is 1.64 bits per heavy atom. The van der Waals surface area contributed by atoms with E-state index in [-0.39, 0.29) is 49.6 Å². The topological polar surface area (TPSA) is 102 Å². The highest BCUT2D eigenvalue weighted by Gasteiger charge is 2.43. The Morgan fingerprint density at radius 1 is 0.972 bits per heavy atom. The summed E-state index contributed by atoms with van der Waals surface area (Å²) in [6.45, 7) is 1.50. The van der Waals surface area contributed by atoms with Gasteiger partial charge in [-0.1, -0.05) is 12.8 Å². The fourth-order valence-electron chi connectivity index (χ4n) is 6.04. The van der Waals surface area contributed by atoms with Crippen LogP contribution in [0, 0.1) is 5.41 Å². The number of piperidine rings is 1. The molecule has 10 nitrogen and oxygen atoms in total. The third-order valence-corrected chi connectivity index (χ3v) is 8.04. The van der Waals surface area contributed by atoms with E-state index in [1.165, 1.54) is 0 Å². The molecule has 3 aliphatic rings. The van der Waals surface area contributed by atoms with Crippen LogP contribution in [-0.4, -0.2) is 70.8 Å². The number of halogens is 3. The molecule has 0 unspecified atom stereocenters. The Kier molecular flexibility index (Phi) is 6.50. The van der Waals surface area contributed by atoms with Crippen molar-refractivity contribution in [3.8, 4) is 0 Å². The van der Waals surface area contributed by atoms with E-state index in [4.69, 9.17) is 0 Å². The SMILES string of the molecule is Cn1cnnc1C1CCN(C(=O)CC2(CC(=O)N3CCn4c(nnc4C(F)(F)F)C3)CCCC2)CC1. The Hall–Kier alpha value is -2.99. The molecule has 5 rings (SSSR count). The van der Waals surface area contributed by atoms with Crippen LogP contribution < -0.4 is 0 Å². The maximum absolute atomic E-state index is 13.3. The Morgan fingerprint density at radius 3 is 2.25 bits per heavy atom. The fourth-order valence-corrected chi connectivity index (χ4v) is 6.04. The molecule has 1 aliphatic carbocycles. The first-order valence-electron chi connectivity index (χ1n) is 12.5. The van der Waals surface area contributed by atoms with Crippen molar-refractivity contribution in [2.24, 2.45) is 12.5 Å². The van der Waals surface area contributed by atoms with Crippen LogP contribution in [0.4, 0.5) is 13.2 Å². The van der Waals surface area contributed by atoms with Crippen LogP contribution in [0.3, 0.4) is 0 Å². The van der Waals surface area contributed by atoms with Crippen molar-refractivity contribution in [1.29, 1.82) is 0 Å². The molecule has 2 aromatic rings. The van der Waals surface area contributed by atoms with Crippen molar-refractivity contribution in [1.82, 2.24) is 39.3 Å². The Bertz CT molecular complexity index is 1110. The van der Waals surface area contributed by atoms with Crippen LogP contribution in [0.1, 0.15) is 74.8 Å². The average Bonchev–Trinajstić information content (AvgIpc) is 3.58. The number of amides is 2. The summed E-state index contributed by atoms with van der Waals surface area (Å²) in [6, 6.07) is 0. The van der Waals surface area contributed by atoms with Gasteiger partial charge in [-0.15, -0.1) is 20.4 Å². The standard InChI is InChI=1S/C23H31F3N8O2/c1-31-15-27-29-20(31)16-4-8-32(9-5-16)18(35)12-22(6-2-3-7-22)13-19(36)33-10-11-34-17(14-33)28-30-21(34)23(24,25)26/h15-16H,2-14H2,1H3. The number of carbonyl (C=O) groups is 2. The second-order valence-corrected chi connectivity index (χ2v) is 10.4. The van der Waals surface area contributed by atoms with Crippen LogP contribution in [0.25, 0.3) is 0 Å². The average molecular weight is 509 g/mol. The molecule has 0 spiro atoms. The summed E-state index contributed by atoms with van der Waals surface area (Å²) < 4.78 is 42.3. The second-order valence-electron chi connectivity index (χ2n) is 10.4. The van der Waals surface area contributed by atoms with Crippen LogP contribution in [0.15, 0.2) is 6.33 Å². The zero-order valence-corrected chi connectivity index (χ0v) is 20.4. The number of carbonyl (C=O) groups excluding carboxylic acids is 2. The minimum Gasteiger partial charge on any atom is -0.343 e. The number of fused-ring (bicyclic) bond motifs is 1. The van der Waals surface area contributed by atoms with Crippen molar-refractivity contribution in [3.05, 3.63) is 23.8 Å². The minimum absolute atomic E-state index is 0.00149. The summed E-state index contributed by atoms with van der Waals surface area (Å²) in [7, 11) is 1.93. The monoisotopic (exact) mass is 508 g/mol. The molecule has 4 heterocycles. The van der Waals surface area contributed by atoms with Crippen LogP contribution >= 0.6 is 0 Å². The maximum Gasteiger partial charge on any atom is 0.451 e. The van der Waals surface area contributed by atoms with Gasteiger partial charge in [0.15, 0.2) is 5.82 Å². The van der Waals surface area contributed by atoms with Crippen molar-refractivity contribution >= 4 is 11.8 Å². The molecule has 1 saturated heterocycles. The Balaban J connectivity index is 1.19. The molecule has 2 aliphatic heterocycles. The van der Waals surface area contributed by atoms with E-state index < -0.39 is 17.4 Å². The zero-order chi connectivity index (χ0) is 25.5. The van der Waals surface area contributed by atoms with Crippen LogP contribution in [0.5, 0.6) is 0 Å². The molecule has 1 saturated carbocycles. The van der Waals surface area contributed by atoms with Crippen molar-refractivity contribution in [2.45, 2.75) is 76.6 Å². The molecule has 2 aromatic heterocycles. The Labute approximate surface area is 206 Å². The highest BCUT2D eigenvalue weighted by molar-refractivity contribution is 5.80. The van der Waals surface area contributed by atoms with Gasteiger partial charge in [-0.25, -0.2) is 0 Å². The largest absolute Gasteiger partial charge is 0.451 e. The van der Waals surface area contributed by atoms with Gasteiger partial charge in [-0.05, 0) is 31.1 Å². The predicted molar refractivity (Wildman–Crippen MR) is 120 cm³/mol. The van der Waals surface area contributed by atoms with Crippen molar-refractivity contribution in [2.75, 3.05) is 19.6 Å². The molecule has 2 amide bonds. The van der Waals surface area contributed by atoms with Gasteiger partial charge in [0.1, 0.15) is 12.2 Å². The summed E-state index contributed by atoms with van der Waals surface area (Å²) in [5.74, 6) is 0.291. The lowest BCUT2D eigenvalue weighted by molar-refractivity contribution is -0.148. The molecule has 2 fully saturated rings. The highest BCUT2D eigenvalue weighted by atomic mass is 19.4. The van der Waals surface area contributed by atoms with Gasteiger partial charge in [0.2, 0.25) is 17.6 Å². The van der Waals surface area contributed by atoms with Crippen molar-refractivity contribution in [3.63, 3.8) is 0 Å². The minimum atomic E-state index is -4.57. The number of aryl methyl sites for hydroxylation is 1. The third kappa shape index (κ3) is 4.83. The first kappa shape index (κ1) is 24.7. The van der Waals surface area contributed by atoms with Gasteiger partial charge in [0.05, 0.1) is 6.54 Å². The molecule has 36 heavy (non-hydrogen) atoms. The van der Waals surface area contributed by atoms with E-state index in [2.05, 4.69) is 20.4 Å². The number of alkyl halides is 3. The van der Waals surface area contributed by atoms with E-state index in [1.54, 1.807) is 11.2 Å². The molecule has 13 heteroatoms. The van der Waals surface area contributed by atoms with Gasteiger partial charge >= 0.3 is 6.18 Å². The number of hydrogen-bond acceptors (Lipinski definition) is 6. The lowest BCUT2D eigenvalue weighted by Crippen LogP contribution is -2.43. The lowest BCUT2D eigenvalue weighted by atomic mass is 9.78. The molecule has 0 N–H and O–H groups in total. The zero-order valence-electron chi connectivity index (χ0n) is 20.4. The van der Waals surface area contributed by atoms with E-state index in [0.29, 0.717) is 19.5 Å². The molecular weight excluding hydrogens is 477 g/mol. The highest BCUT2D eigenvalue weighted by Crippen LogP contribution is 2.45. The van der Waals surface area contributed by atoms with E-state index in [1.807, 2.05) is 16.5 Å². The molecule has 0 bridgehead atoms. The van der Waals surface area contributed by atoms with Gasteiger partial charge in [-0.3, -0.25) is 9.59 Å². The summed E-state index contributed by atoms with van der Waals surface area (Å²) in [6.07, 6.45) is 2.89. The molecule has 0 radical (unpaired) electrons. The quantitative estimate of drug-likeness (QED) is 0.615. The van der Waals surface area contributed by atoms with E-state index in [0.717, 1.165) is 48.9 Å². The third-order valence-electron chi connectivity index (χ3n) is 8.04. The maximum atomic E-state index is 13.3. The number of nitrogens with zero attached hydrogens (tertiary/aromatic N) is 8. The molecule has 196 valence electrons. The predicted octanol–water partition coefficient (Wildman–Crippen LogP) is 2.51. The number of hydrogen-bond donors (Lipinski definition) is 0. The first-order chi connectivity index (χ1) is 17.2. The lowest BCUT2D eigenvalue weighted by Gasteiger charge is -2.36. The molecule has 0 atom stereocenters. The van der Waals surface area contributed by atoms with E-state index >= 15 is 0 Å². The van der Waals surface area contributed by atoms with Crippen LogP contribution in [-0.2, 0) is 35.9 Å². The van der Waals surface area contributed by atoms with Crippen LogP contribution in [0.2, 0.25) is 0 Å². The summed E-state index contributed by atoms with van der Waals surface area (Å²) in [5.41, 5.74) is -0.392. The summed E-state index contributed by atoms with van der Waals surface area (Å²) >= 11 is 0. The van der Waals surface area contributed by atoms with Crippen molar-refractivity contribution < 1.29 is 22.8 Å². The van der Waals surface area contributed by atoms with E-state index in [9.17, 15) is 22.8 Å². The van der Waals surface area contributed by atoms with Gasteiger partial charge < -0.3 is 18.9 Å². The van der Waals surface area contributed by atoms with Gasteiger partial charge in [0, 0.05) is 52.0 Å². The second kappa shape index (κ2) is 9.47. The molecular formula is C23H31F3N8O2. The smallest absolute Gasteiger partial charge is 0.343 e. The normalized spacial score (nSPS) is 20.6. The number of rotatable bonds is 5. The summed E-state index contributed by atoms with van der Waals surface area (Å²) in [5, 5.41) is 15.1. The number of likely N-dealkylation sites (tertiary alicyclic amines) is 1. The summed E-state index contributed by atoms with van der Waals surface area (Å²) in [4.78, 5) is 30.0. The number of aromatic nitrogens is 6. The van der Waals surface area contributed by atoms with Gasteiger partial charge in [-0.2, -0.15) is 13.2 Å².